The molecule has 0 heteroatoms. The van der Waals surface area contributed by atoms with E-state index in [0.717, 1.165) is 12.0 Å². The van der Waals surface area contributed by atoms with Crippen molar-refractivity contribution in [1.29, 1.82) is 0 Å². The SMILES string of the molecule is C=C(/C=C/Cc1ccccc1)c1ccccc1. The molecule has 0 fully saturated rings. The molecule has 0 spiro atoms. The summed E-state index contributed by atoms with van der Waals surface area (Å²) in [4.78, 5) is 0. The van der Waals surface area contributed by atoms with Gasteiger partial charge in [-0.15, -0.1) is 0 Å². The maximum absolute atomic E-state index is 4.07. The van der Waals surface area contributed by atoms with Gasteiger partial charge in [0.1, 0.15) is 0 Å². The smallest absolute Gasteiger partial charge is 0.00941 e. The molecule has 2 aromatic carbocycles. The van der Waals surface area contributed by atoms with E-state index in [0.29, 0.717) is 0 Å². The van der Waals surface area contributed by atoms with Crippen LogP contribution in [0.4, 0.5) is 0 Å². The topological polar surface area (TPSA) is 0 Å². The molecule has 0 heterocycles. The van der Waals surface area contributed by atoms with Crippen LogP contribution in [0.1, 0.15) is 11.1 Å². The highest BCUT2D eigenvalue weighted by molar-refractivity contribution is 5.71. The lowest BCUT2D eigenvalue weighted by molar-refractivity contribution is 1.27. The van der Waals surface area contributed by atoms with Crippen molar-refractivity contribution in [3.63, 3.8) is 0 Å². The summed E-state index contributed by atoms with van der Waals surface area (Å²) in [5, 5.41) is 0. The van der Waals surface area contributed by atoms with E-state index in [1.807, 2.05) is 24.3 Å². The lowest BCUT2D eigenvalue weighted by atomic mass is 10.1. The highest BCUT2D eigenvalue weighted by Gasteiger charge is 1.92. The van der Waals surface area contributed by atoms with Crippen molar-refractivity contribution in [3.8, 4) is 0 Å². The molecule has 0 saturated carbocycles. The maximum Gasteiger partial charge on any atom is -0.00941 e. The molecule has 2 rings (SSSR count). The average Bonchev–Trinajstić information content (AvgIpc) is 2.41. The summed E-state index contributed by atoms with van der Waals surface area (Å²) >= 11 is 0. The van der Waals surface area contributed by atoms with Gasteiger partial charge >= 0.3 is 0 Å². The minimum atomic E-state index is 0.951. The minimum Gasteiger partial charge on any atom is -0.0912 e. The predicted octanol–water partition coefficient (Wildman–Crippen LogP) is 4.50. The van der Waals surface area contributed by atoms with Crippen molar-refractivity contribution in [1.82, 2.24) is 0 Å². The molecule has 0 amide bonds. The van der Waals surface area contributed by atoms with Crippen molar-refractivity contribution in [2.24, 2.45) is 0 Å². The Balaban J connectivity index is 1.96. The van der Waals surface area contributed by atoms with Gasteiger partial charge < -0.3 is 0 Å². The highest BCUT2D eigenvalue weighted by atomic mass is 14.0. The highest BCUT2D eigenvalue weighted by Crippen LogP contribution is 2.13. The third-order valence-electron chi connectivity index (χ3n) is 2.66. The van der Waals surface area contributed by atoms with Crippen LogP contribution in [0.5, 0.6) is 0 Å². The second-order valence-electron chi connectivity index (χ2n) is 3.98. The molecule has 0 aliphatic carbocycles. The molecule has 17 heavy (non-hydrogen) atoms. The second-order valence-corrected chi connectivity index (χ2v) is 3.98. The van der Waals surface area contributed by atoms with Gasteiger partial charge in [-0.2, -0.15) is 0 Å². The third-order valence-corrected chi connectivity index (χ3v) is 2.66. The molecule has 0 radical (unpaired) electrons. The van der Waals surface area contributed by atoms with E-state index in [9.17, 15) is 0 Å². The molecule has 0 bridgehead atoms. The Morgan fingerprint density at radius 3 is 2.12 bits per heavy atom. The molecule has 0 atom stereocenters. The van der Waals surface area contributed by atoms with Gasteiger partial charge in [0.15, 0.2) is 0 Å². The first kappa shape index (κ1) is 11.4. The number of allylic oxidation sites excluding steroid dienone is 3. The number of rotatable bonds is 4. The number of hydrogen-bond donors (Lipinski definition) is 0. The Hall–Kier alpha value is -2.08. The molecule has 84 valence electrons. The fourth-order valence-electron chi connectivity index (χ4n) is 1.70. The zero-order chi connectivity index (χ0) is 11.9. The maximum atomic E-state index is 4.07. The van der Waals surface area contributed by atoms with E-state index in [4.69, 9.17) is 0 Å². The summed E-state index contributed by atoms with van der Waals surface area (Å²) in [5.41, 5.74) is 3.56. The average molecular weight is 220 g/mol. The fourth-order valence-corrected chi connectivity index (χ4v) is 1.70. The van der Waals surface area contributed by atoms with Gasteiger partial charge in [0.05, 0.1) is 0 Å². The lowest BCUT2D eigenvalue weighted by Gasteiger charge is -1.99. The molecule has 0 N–H and O–H groups in total. The van der Waals surface area contributed by atoms with Gasteiger partial charge in [-0.05, 0) is 23.1 Å². The van der Waals surface area contributed by atoms with Crippen LogP contribution in [0.2, 0.25) is 0 Å². The monoisotopic (exact) mass is 220 g/mol. The summed E-state index contributed by atoms with van der Waals surface area (Å²) < 4.78 is 0. The Labute approximate surface area is 103 Å². The Morgan fingerprint density at radius 2 is 1.47 bits per heavy atom. The second kappa shape index (κ2) is 5.86. The van der Waals surface area contributed by atoms with Crippen LogP contribution in [0.25, 0.3) is 5.57 Å². The predicted molar refractivity (Wildman–Crippen MR) is 74.8 cm³/mol. The lowest BCUT2D eigenvalue weighted by Crippen LogP contribution is -1.80. The summed E-state index contributed by atoms with van der Waals surface area (Å²) in [6.07, 6.45) is 5.19. The molecular weight excluding hydrogens is 204 g/mol. The number of hydrogen-bond acceptors (Lipinski definition) is 0. The summed E-state index contributed by atoms with van der Waals surface area (Å²) in [6, 6.07) is 20.7. The van der Waals surface area contributed by atoms with Gasteiger partial charge in [0.25, 0.3) is 0 Å². The van der Waals surface area contributed by atoms with Crippen molar-refractivity contribution >= 4 is 5.57 Å². The molecular formula is C17H16. The van der Waals surface area contributed by atoms with Crippen molar-refractivity contribution in [2.75, 3.05) is 0 Å². The van der Waals surface area contributed by atoms with Gasteiger partial charge in [0.2, 0.25) is 0 Å². The molecule has 2 aromatic rings. The van der Waals surface area contributed by atoms with E-state index < -0.39 is 0 Å². The van der Waals surface area contributed by atoms with E-state index in [-0.39, 0.29) is 0 Å². The van der Waals surface area contributed by atoms with E-state index in [1.165, 1.54) is 11.1 Å². The van der Waals surface area contributed by atoms with Crippen molar-refractivity contribution in [2.45, 2.75) is 6.42 Å². The van der Waals surface area contributed by atoms with E-state index in [2.05, 4.69) is 55.1 Å². The van der Waals surface area contributed by atoms with Crippen LogP contribution in [0.3, 0.4) is 0 Å². The van der Waals surface area contributed by atoms with Gasteiger partial charge in [0, 0.05) is 0 Å². The van der Waals surface area contributed by atoms with Gasteiger partial charge in [-0.25, -0.2) is 0 Å². The fraction of sp³-hybridized carbons (Fsp3) is 0.0588. The first-order valence-electron chi connectivity index (χ1n) is 5.81. The molecule has 0 unspecified atom stereocenters. The van der Waals surface area contributed by atoms with Crippen LogP contribution >= 0.6 is 0 Å². The number of benzene rings is 2. The molecule has 0 aliphatic heterocycles. The Morgan fingerprint density at radius 1 is 0.882 bits per heavy atom. The van der Waals surface area contributed by atoms with Crippen LogP contribution in [-0.4, -0.2) is 0 Å². The van der Waals surface area contributed by atoms with Crippen molar-refractivity contribution < 1.29 is 0 Å². The Kier molecular flexibility index (Phi) is 3.93. The largest absolute Gasteiger partial charge is 0.0912 e. The van der Waals surface area contributed by atoms with Gasteiger partial charge in [-0.3, -0.25) is 0 Å². The first-order valence-corrected chi connectivity index (χ1v) is 5.81. The van der Waals surface area contributed by atoms with E-state index in [1.54, 1.807) is 0 Å². The summed E-state index contributed by atoms with van der Waals surface area (Å²) in [5.74, 6) is 0. The zero-order valence-electron chi connectivity index (χ0n) is 9.84. The summed E-state index contributed by atoms with van der Waals surface area (Å²) in [6.45, 7) is 4.07. The van der Waals surface area contributed by atoms with Crippen LogP contribution in [0.15, 0.2) is 79.4 Å². The Bertz CT molecular complexity index is 492. The van der Waals surface area contributed by atoms with E-state index >= 15 is 0 Å². The van der Waals surface area contributed by atoms with Crippen LogP contribution in [-0.2, 0) is 6.42 Å². The quantitative estimate of drug-likeness (QED) is 0.665. The molecule has 0 aliphatic rings. The molecule has 0 saturated heterocycles. The zero-order valence-corrected chi connectivity index (χ0v) is 9.84. The van der Waals surface area contributed by atoms with Crippen LogP contribution < -0.4 is 0 Å². The standard InChI is InChI=1S/C17H16/c1-15(17-13-6-3-7-14-17)9-8-12-16-10-4-2-5-11-16/h2-11,13-14H,1,12H2/b9-8+. The van der Waals surface area contributed by atoms with Gasteiger partial charge in [-0.1, -0.05) is 79.4 Å². The van der Waals surface area contributed by atoms with Crippen molar-refractivity contribution in [3.05, 3.63) is 90.5 Å². The normalized spacial score (nSPS) is 10.6. The van der Waals surface area contributed by atoms with Crippen LogP contribution in [0, 0.1) is 0 Å². The third kappa shape index (κ3) is 3.46. The minimum absolute atomic E-state index is 0.951. The summed E-state index contributed by atoms with van der Waals surface area (Å²) in [7, 11) is 0. The first-order chi connectivity index (χ1) is 8.36. The molecule has 0 aromatic heterocycles. The molecule has 0 nitrogen and oxygen atoms in total.